The van der Waals surface area contributed by atoms with Gasteiger partial charge in [-0.15, -0.1) is 11.8 Å². The van der Waals surface area contributed by atoms with Crippen LogP contribution >= 0.6 is 23.1 Å². The number of carbonyl (C=O) groups excluding carboxylic acids is 1. The van der Waals surface area contributed by atoms with Crippen LogP contribution in [0, 0.1) is 11.3 Å². The van der Waals surface area contributed by atoms with Crippen LogP contribution in [0.3, 0.4) is 0 Å². The van der Waals surface area contributed by atoms with E-state index in [0.717, 1.165) is 41.9 Å². The molecule has 0 radical (unpaired) electrons. The van der Waals surface area contributed by atoms with E-state index < -0.39 is 5.91 Å². The summed E-state index contributed by atoms with van der Waals surface area (Å²) in [6.07, 6.45) is 7.66. The van der Waals surface area contributed by atoms with Gasteiger partial charge >= 0.3 is 0 Å². The van der Waals surface area contributed by atoms with Gasteiger partial charge in [-0.2, -0.15) is 5.26 Å². The number of anilines is 1. The Labute approximate surface area is 160 Å². The summed E-state index contributed by atoms with van der Waals surface area (Å²) in [7, 11) is 0. The van der Waals surface area contributed by atoms with Gasteiger partial charge in [0.1, 0.15) is 17.1 Å². The van der Waals surface area contributed by atoms with Crippen LogP contribution in [0.2, 0.25) is 0 Å². The molecule has 0 spiro atoms. The first-order chi connectivity index (χ1) is 12.7. The van der Waals surface area contributed by atoms with Crippen molar-refractivity contribution in [1.82, 2.24) is 4.98 Å². The largest absolute Gasteiger partial charge is 0.392 e. The smallest absolute Gasteiger partial charge is 0.280 e. The van der Waals surface area contributed by atoms with Crippen LogP contribution in [0.5, 0.6) is 0 Å². The molecule has 134 valence electrons. The number of hydrogen-bond acceptors (Lipinski definition) is 7. The Morgan fingerprint density at radius 2 is 2.12 bits per heavy atom. The second-order valence-corrected chi connectivity index (χ2v) is 7.69. The van der Waals surface area contributed by atoms with Crippen molar-refractivity contribution in [1.29, 1.82) is 5.26 Å². The van der Waals surface area contributed by atoms with Gasteiger partial charge < -0.3 is 4.84 Å². The molecule has 1 amide bonds. The fourth-order valence-corrected chi connectivity index (χ4v) is 3.65. The van der Waals surface area contributed by atoms with Crippen molar-refractivity contribution in [3.05, 3.63) is 40.9 Å². The maximum atomic E-state index is 12.7. The van der Waals surface area contributed by atoms with Gasteiger partial charge in [0.05, 0.1) is 6.20 Å². The standard InChI is InChI=1S/C18H18N4O2S2/c1-25-14-8-6-12(7-9-14)16(22-24-13-4-2-3-5-13)17(23)21-18-20-11-15(10-19)26-18/h6-9,11,13H,2-5H2,1H3,(H,20,21,23)/b22-16+. The third-order valence-electron chi connectivity index (χ3n) is 4.01. The first-order valence-corrected chi connectivity index (χ1v) is 10.3. The van der Waals surface area contributed by atoms with E-state index in [4.69, 9.17) is 10.1 Å². The molecule has 1 aromatic heterocycles. The summed E-state index contributed by atoms with van der Waals surface area (Å²) in [5.41, 5.74) is 0.883. The van der Waals surface area contributed by atoms with Gasteiger partial charge in [-0.3, -0.25) is 10.1 Å². The van der Waals surface area contributed by atoms with Gasteiger partial charge in [-0.05, 0) is 44.1 Å². The quantitative estimate of drug-likeness (QED) is 0.460. The van der Waals surface area contributed by atoms with Gasteiger partial charge in [0.15, 0.2) is 10.8 Å². The van der Waals surface area contributed by atoms with Gasteiger partial charge in [0.2, 0.25) is 0 Å². The first-order valence-electron chi connectivity index (χ1n) is 8.25. The van der Waals surface area contributed by atoms with Gasteiger partial charge in [0.25, 0.3) is 5.91 Å². The molecule has 0 atom stereocenters. The molecule has 1 aliphatic rings. The first kappa shape index (κ1) is 18.4. The highest BCUT2D eigenvalue weighted by molar-refractivity contribution is 7.98. The maximum Gasteiger partial charge on any atom is 0.280 e. The molecule has 0 bridgehead atoms. The van der Waals surface area contributed by atoms with E-state index in [2.05, 4.69) is 15.5 Å². The van der Waals surface area contributed by atoms with Crippen molar-refractivity contribution >= 4 is 39.8 Å². The third kappa shape index (κ3) is 4.62. The predicted molar refractivity (Wildman–Crippen MR) is 104 cm³/mol. The lowest BCUT2D eigenvalue weighted by molar-refractivity contribution is -0.110. The Morgan fingerprint density at radius 1 is 1.38 bits per heavy atom. The molecule has 0 unspecified atom stereocenters. The molecule has 1 aliphatic carbocycles. The molecule has 6 nitrogen and oxygen atoms in total. The number of nitriles is 1. The van der Waals surface area contributed by atoms with Crippen molar-refractivity contribution in [2.75, 3.05) is 11.6 Å². The highest BCUT2D eigenvalue weighted by Crippen LogP contribution is 2.22. The number of oxime groups is 1. The number of aromatic nitrogens is 1. The molecule has 1 heterocycles. The van der Waals surface area contributed by atoms with E-state index in [0.29, 0.717) is 15.6 Å². The molecule has 26 heavy (non-hydrogen) atoms. The van der Waals surface area contributed by atoms with E-state index >= 15 is 0 Å². The highest BCUT2D eigenvalue weighted by atomic mass is 32.2. The second-order valence-electron chi connectivity index (χ2n) is 5.78. The average Bonchev–Trinajstić information content (AvgIpc) is 3.34. The lowest BCUT2D eigenvalue weighted by atomic mass is 10.1. The molecule has 1 saturated carbocycles. The monoisotopic (exact) mass is 386 g/mol. The number of carbonyl (C=O) groups is 1. The van der Waals surface area contributed by atoms with Crippen molar-refractivity contribution < 1.29 is 9.63 Å². The summed E-state index contributed by atoms with van der Waals surface area (Å²) in [4.78, 5) is 23.9. The van der Waals surface area contributed by atoms with Crippen molar-refractivity contribution in [2.24, 2.45) is 5.16 Å². The summed E-state index contributed by atoms with van der Waals surface area (Å²) >= 11 is 2.75. The lowest BCUT2D eigenvalue weighted by Gasteiger charge is -2.10. The number of hydrogen-bond donors (Lipinski definition) is 1. The van der Waals surface area contributed by atoms with Crippen LogP contribution in [0.15, 0.2) is 40.5 Å². The van der Waals surface area contributed by atoms with E-state index in [1.165, 1.54) is 6.20 Å². The minimum atomic E-state index is -0.404. The van der Waals surface area contributed by atoms with Gasteiger partial charge in [0, 0.05) is 10.5 Å². The zero-order valence-electron chi connectivity index (χ0n) is 14.3. The van der Waals surface area contributed by atoms with Gasteiger partial charge in [-0.1, -0.05) is 28.6 Å². The lowest BCUT2D eigenvalue weighted by Crippen LogP contribution is -2.24. The van der Waals surface area contributed by atoms with Crippen molar-refractivity contribution in [2.45, 2.75) is 36.7 Å². The van der Waals surface area contributed by atoms with Crippen molar-refractivity contribution in [3.63, 3.8) is 0 Å². The summed E-state index contributed by atoms with van der Waals surface area (Å²) in [5.74, 6) is -0.404. The number of rotatable bonds is 6. The van der Waals surface area contributed by atoms with Crippen LogP contribution in [0.25, 0.3) is 0 Å². The highest BCUT2D eigenvalue weighted by Gasteiger charge is 2.20. The summed E-state index contributed by atoms with van der Waals surface area (Å²) in [5, 5.41) is 16.1. The number of nitrogens with zero attached hydrogens (tertiary/aromatic N) is 3. The zero-order chi connectivity index (χ0) is 18.4. The Kier molecular flexibility index (Phi) is 6.26. The predicted octanol–water partition coefficient (Wildman–Crippen LogP) is 4.04. The molecule has 1 N–H and O–H groups in total. The molecule has 0 saturated heterocycles. The number of amides is 1. The summed E-state index contributed by atoms with van der Waals surface area (Å²) < 4.78 is 0. The fraction of sp³-hybridized carbons (Fsp3) is 0.333. The number of benzene rings is 1. The minimum Gasteiger partial charge on any atom is -0.392 e. The Hall–Kier alpha value is -2.37. The fourth-order valence-electron chi connectivity index (χ4n) is 2.64. The van der Waals surface area contributed by atoms with E-state index in [1.807, 2.05) is 36.6 Å². The molecular weight excluding hydrogens is 368 g/mol. The number of thioether (sulfide) groups is 1. The van der Waals surface area contributed by atoms with Crippen LogP contribution < -0.4 is 5.32 Å². The normalized spacial score (nSPS) is 14.8. The summed E-state index contributed by atoms with van der Waals surface area (Å²) in [6.45, 7) is 0. The SMILES string of the molecule is CSc1ccc(/C(=N\OC2CCCC2)C(=O)Nc2ncc(C#N)s2)cc1. The maximum absolute atomic E-state index is 12.7. The Balaban J connectivity index is 1.81. The minimum absolute atomic E-state index is 0.0633. The van der Waals surface area contributed by atoms with E-state index in [1.54, 1.807) is 11.8 Å². The molecule has 2 aromatic rings. The van der Waals surface area contributed by atoms with Crippen molar-refractivity contribution in [3.8, 4) is 6.07 Å². The van der Waals surface area contributed by atoms with E-state index in [9.17, 15) is 4.79 Å². The molecular formula is C18H18N4O2S2. The molecule has 8 heteroatoms. The molecule has 1 fully saturated rings. The number of nitrogens with one attached hydrogen (secondary N) is 1. The third-order valence-corrected chi connectivity index (χ3v) is 5.57. The second kappa shape index (κ2) is 8.83. The molecule has 3 rings (SSSR count). The van der Waals surface area contributed by atoms with E-state index in [-0.39, 0.29) is 11.8 Å². The van der Waals surface area contributed by atoms with Crippen LogP contribution in [-0.4, -0.2) is 29.0 Å². The average molecular weight is 387 g/mol. The summed E-state index contributed by atoms with van der Waals surface area (Å²) in [6, 6.07) is 9.59. The molecule has 0 aliphatic heterocycles. The zero-order valence-corrected chi connectivity index (χ0v) is 15.9. The Bertz CT molecular complexity index is 834. The Morgan fingerprint density at radius 3 is 2.73 bits per heavy atom. The topological polar surface area (TPSA) is 87.4 Å². The van der Waals surface area contributed by atoms with Crippen LogP contribution in [0.1, 0.15) is 36.1 Å². The van der Waals surface area contributed by atoms with Crippen LogP contribution in [0.4, 0.5) is 5.13 Å². The molecule has 1 aromatic carbocycles. The van der Waals surface area contributed by atoms with Gasteiger partial charge in [-0.25, -0.2) is 4.98 Å². The van der Waals surface area contributed by atoms with Crippen LogP contribution in [-0.2, 0) is 9.63 Å². The number of thiazole rings is 1.